The summed E-state index contributed by atoms with van der Waals surface area (Å²) in [6.45, 7) is 2.31. The average molecular weight is 278 g/mol. The lowest BCUT2D eigenvalue weighted by atomic mass is 10.1. The maximum Gasteiger partial charge on any atom is 0.180 e. The Bertz CT molecular complexity index is 482. The Morgan fingerprint density at radius 2 is 1.85 bits per heavy atom. The summed E-state index contributed by atoms with van der Waals surface area (Å²) >= 11 is 0. The molecular formula is C15H22N2O3. The van der Waals surface area contributed by atoms with E-state index >= 15 is 0 Å². The second-order valence-corrected chi connectivity index (χ2v) is 4.87. The number of rotatable bonds is 6. The molecule has 1 N–H and O–H groups in total. The molecule has 110 valence electrons. The van der Waals surface area contributed by atoms with Gasteiger partial charge in [0.25, 0.3) is 0 Å². The first-order valence-electron chi connectivity index (χ1n) is 6.90. The smallest absolute Gasteiger partial charge is 0.180 e. The van der Waals surface area contributed by atoms with Gasteiger partial charge >= 0.3 is 0 Å². The van der Waals surface area contributed by atoms with E-state index in [9.17, 15) is 4.79 Å². The van der Waals surface area contributed by atoms with Crippen molar-refractivity contribution >= 4 is 11.5 Å². The molecule has 5 nitrogen and oxygen atoms in total. The Hall–Kier alpha value is -1.75. The van der Waals surface area contributed by atoms with E-state index in [1.54, 1.807) is 27.3 Å². The molecule has 5 heteroatoms. The molecule has 0 aromatic heterocycles. The molecule has 0 radical (unpaired) electrons. The Morgan fingerprint density at radius 3 is 2.40 bits per heavy atom. The van der Waals surface area contributed by atoms with Crippen LogP contribution in [0.4, 0.5) is 5.69 Å². The van der Waals surface area contributed by atoms with Gasteiger partial charge in [-0.1, -0.05) is 0 Å². The van der Waals surface area contributed by atoms with E-state index in [0.717, 1.165) is 24.5 Å². The molecule has 1 heterocycles. The van der Waals surface area contributed by atoms with Gasteiger partial charge in [-0.3, -0.25) is 4.79 Å². The van der Waals surface area contributed by atoms with Crippen LogP contribution in [0.15, 0.2) is 12.1 Å². The maximum atomic E-state index is 12.1. The summed E-state index contributed by atoms with van der Waals surface area (Å²) in [5.74, 6) is 1.33. The second kappa shape index (κ2) is 6.61. The number of hydrogen-bond acceptors (Lipinski definition) is 5. The summed E-state index contributed by atoms with van der Waals surface area (Å²) in [6.07, 6.45) is 2.37. The lowest BCUT2D eigenvalue weighted by Crippen LogP contribution is -2.21. The Labute approximate surface area is 119 Å². The van der Waals surface area contributed by atoms with Gasteiger partial charge in [0.1, 0.15) is 11.5 Å². The number of carbonyl (C=O) groups excluding carboxylic acids is 1. The highest BCUT2D eigenvalue weighted by Crippen LogP contribution is 2.37. The van der Waals surface area contributed by atoms with Crippen LogP contribution in [0.3, 0.4) is 0 Å². The second-order valence-electron chi connectivity index (χ2n) is 4.87. The summed E-state index contributed by atoms with van der Waals surface area (Å²) in [6, 6.07) is 3.69. The molecule has 2 rings (SSSR count). The Kier molecular flexibility index (Phi) is 4.84. The molecule has 1 saturated heterocycles. The highest BCUT2D eigenvalue weighted by molar-refractivity contribution is 6.01. The van der Waals surface area contributed by atoms with E-state index in [1.807, 2.05) is 6.07 Å². The van der Waals surface area contributed by atoms with Crippen LogP contribution in [-0.2, 0) is 0 Å². The number of nitrogens with zero attached hydrogens (tertiary/aromatic N) is 1. The monoisotopic (exact) mass is 278 g/mol. The predicted octanol–water partition coefficient (Wildman–Crippen LogP) is 1.71. The van der Waals surface area contributed by atoms with Gasteiger partial charge in [0.05, 0.1) is 32.0 Å². The number of benzene rings is 1. The first-order chi connectivity index (χ1) is 9.71. The van der Waals surface area contributed by atoms with E-state index in [1.165, 1.54) is 12.8 Å². The topological polar surface area (TPSA) is 50.8 Å². The third-order valence-electron chi connectivity index (χ3n) is 3.59. The average Bonchev–Trinajstić information content (AvgIpc) is 3.00. The van der Waals surface area contributed by atoms with Gasteiger partial charge in [-0.15, -0.1) is 0 Å². The molecule has 0 bridgehead atoms. The van der Waals surface area contributed by atoms with Crippen LogP contribution in [0.2, 0.25) is 0 Å². The van der Waals surface area contributed by atoms with Crippen molar-refractivity contribution in [2.75, 3.05) is 45.8 Å². The van der Waals surface area contributed by atoms with E-state index in [-0.39, 0.29) is 12.3 Å². The first-order valence-corrected chi connectivity index (χ1v) is 6.90. The SMILES string of the molecule is CNCC(=O)c1cc(OC)c(N2CCCC2)cc1OC. The van der Waals surface area contributed by atoms with Crippen molar-refractivity contribution in [1.29, 1.82) is 0 Å². The van der Waals surface area contributed by atoms with Gasteiger partial charge in [0.15, 0.2) is 5.78 Å². The molecule has 0 atom stereocenters. The van der Waals surface area contributed by atoms with Gasteiger partial charge < -0.3 is 19.7 Å². The molecule has 1 aliphatic heterocycles. The third kappa shape index (κ3) is 2.88. The van der Waals surface area contributed by atoms with Crippen molar-refractivity contribution in [1.82, 2.24) is 5.32 Å². The minimum Gasteiger partial charge on any atom is -0.496 e. The molecule has 0 unspecified atom stereocenters. The fourth-order valence-electron chi connectivity index (χ4n) is 2.56. The molecule has 0 spiro atoms. The van der Waals surface area contributed by atoms with Crippen LogP contribution in [-0.4, -0.2) is 46.7 Å². The predicted molar refractivity (Wildman–Crippen MR) is 79.3 cm³/mol. The van der Waals surface area contributed by atoms with Gasteiger partial charge in [0.2, 0.25) is 0 Å². The number of hydrogen-bond donors (Lipinski definition) is 1. The van der Waals surface area contributed by atoms with Crippen LogP contribution >= 0.6 is 0 Å². The van der Waals surface area contributed by atoms with E-state index in [4.69, 9.17) is 9.47 Å². The zero-order valence-corrected chi connectivity index (χ0v) is 12.4. The first kappa shape index (κ1) is 14.7. The minimum atomic E-state index is -0.00405. The van der Waals surface area contributed by atoms with E-state index < -0.39 is 0 Å². The molecule has 1 aliphatic rings. The highest BCUT2D eigenvalue weighted by Gasteiger charge is 2.21. The lowest BCUT2D eigenvalue weighted by Gasteiger charge is -2.22. The Morgan fingerprint density at radius 1 is 1.20 bits per heavy atom. The zero-order chi connectivity index (χ0) is 14.5. The zero-order valence-electron chi connectivity index (χ0n) is 12.4. The van der Waals surface area contributed by atoms with Gasteiger partial charge in [0, 0.05) is 19.2 Å². The summed E-state index contributed by atoms with van der Waals surface area (Å²) in [5.41, 5.74) is 1.56. The highest BCUT2D eigenvalue weighted by atomic mass is 16.5. The van der Waals surface area contributed by atoms with Gasteiger partial charge in [-0.2, -0.15) is 0 Å². The quantitative estimate of drug-likeness (QED) is 0.803. The van der Waals surface area contributed by atoms with Crippen molar-refractivity contribution in [3.05, 3.63) is 17.7 Å². The molecule has 0 aliphatic carbocycles. The van der Waals surface area contributed by atoms with Gasteiger partial charge in [-0.05, 0) is 26.0 Å². The van der Waals surface area contributed by atoms with Crippen LogP contribution in [0, 0.1) is 0 Å². The molecule has 0 saturated carbocycles. The molecule has 20 heavy (non-hydrogen) atoms. The van der Waals surface area contributed by atoms with Crippen LogP contribution < -0.4 is 19.7 Å². The number of ketones is 1. The lowest BCUT2D eigenvalue weighted by molar-refractivity contribution is 0.0990. The van der Waals surface area contributed by atoms with Crippen molar-refractivity contribution in [2.45, 2.75) is 12.8 Å². The number of Topliss-reactive ketones (excluding diaryl/α,β-unsaturated/α-hetero) is 1. The molecule has 1 aromatic rings. The van der Waals surface area contributed by atoms with Crippen LogP contribution in [0.5, 0.6) is 11.5 Å². The van der Waals surface area contributed by atoms with Crippen molar-refractivity contribution in [3.63, 3.8) is 0 Å². The number of nitrogens with one attached hydrogen (secondary N) is 1. The number of anilines is 1. The maximum absolute atomic E-state index is 12.1. The van der Waals surface area contributed by atoms with Gasteiger partial charge in [-0.25, -0.2) is 0 Å². The fraction of sp³-hybridized carbons (Fsp3) is 0.533. The molecule has 1 aromatic carbocycles. The molecule has 1 fully saturated rings. The van der Waals surface area contributed by atoms with Crippen molar-refractivity contribution < 1.29 is 14.3 Å². The molecule has 0 amide bonds. The molecular weight excluding hydrogens is 256 g/mol. The normalized spacial score (nSPS) is 14.4. The van der Waals surface area contributed by atoms with Crippen molar-refractivity contribution in [2.24, 2.45) is 0 Å². The van der Waals surface area contributed by atoms with Crippen molar-refractivity contribution in [3.8, 4) is 11.5 Å². The number of likely N-dealkylation sites (N-methyl/N-ethyl adjacent to an activating group) is 1. The summed E-state index contributed by atoms with van der Waals surface area (Å²) < 4.78 is 10.8. The largest absolute Gasteiger partial charge is 0.496 e. The van der Waals surface area contributed by atoms with Crippen LogP contribution in [0.25, 0.3) is 0 Å². The number of carbonyl (C=O) groups is 1. The Balaban J connectivity index is 2.42. The van der Waals surface area contributed by atoms with E-state index in [0.29, 0.717) is 11.3 Å². The third-order valence-corrected chi connectivity index (χ3v) is 3.59. The fourth-order valence-corrected chi connectivity index (χ4v) is 2.56. The van der Waals surface area contributed by atoms with E-state index in [2.05, 4.69) is 10.2 Å². The van der Waals surface area contributed by atoms with Crippen LogP contribution in [0.1, 0.15) is 23.2 Å². The minimum absolute atomic E-state index is 0.00405. The summed E-state index contributed by atoms with van der Waals surface area (Å²) in [7, 11) is 4.97. The summed E-state index contributed by atoms with van der Waals surface area (Å²) in [4.78, 5) is 14.4. The number of ether oxygens (including phenoxy) is 2. The standard InChI is InChI=1S/C15H22N2O3/c1-16-10-13(18)11-8-15(20-3)12(9-14(11)19-2)17-6-4-5-7-17/h8-9,16H,4-7,10H2,1-3H3. The number of methoxy groups -OCH3 is 2. The summed E-state index contributed by atoms with van der Waals surface area (Å²) in [5, 5.41) is 2.87.